The molecular weight excluding hydrogens is 350 g/mol. The molecule has 0 spiro atoms. The van der Waals surface area contributed by atoms with Crippen molar-refractivity contribution in [1.82, 2.24) is 9.88 Å². The van der Waals surface area contributed by atoms with Gasteiger partial charge in [-0.15, -0.1) is 0 Å². The summed E-state index contributed by atoms with van der Waals surface area (Å²) in [5.41, 5.74) is 4.77. The van der Waals surface area contributed by atoms with Gasteiger partial charge in [0.25, 0.3) is 11.8 Å². The van der Waals surface area contributed by atoms with E-state index in [2.05, 4.69) is 16.4 Å². The lowest BCUT2D eigenvalue weighted by molar-refractivity contribution is 0.0728. The minimum atomic E-state index is -0.331. The third kappa shape index (κ3) is 3.78. The topological polar surface area (TPSA) is 62.3 Å². The van der Waals surface area contributed by atoms with Gasteiger partial charge >= 0.3 is 0 Å². The van der Waals surface area contributed by atoms with Crippen molar-refractivity contribution in [1.29, 1.82) is 0 Å². The van der Waals surface area contributed by atoms with Crippen LogP contribution in [0.2, 0.25) is 0 Å². The van der Waals surface area contributed by atoms with Gasteiger partial charge < -0.3 is 10.2 Å². The molecule has 0 saturated heterocycles. The Hall–Kier alpha value is -3.47. The summed E-state index contributed by atoms with van der Waals surface area (Å²) in [4.78, 5) is 31.5. The number of nitrogens with zero attached hydrogens (tertiary/aromatic N) is 2. The Labute approximate surface area is 164 Å². The fourth-order valence-corrected chi connectivity index (χ4v) is 3.34. The van der Waals surface area contributed by atoms with Crippen LogP contribution >= 0.6 is 0 Å². The molecule has 0 unspecified atom stereocenters. The van der Waals surface area contributed by atoms with Crippen LogP contribution in [-0.2, 0) is 13.0 Å². The summed E-state index contributed by atoms with van der Waals surface area (Å²) in [6, 6.07) is 20.7. The van der Waals surface area contributed by atoms with Crippen molar-refractivity contribution in [3.8, 4) is 0 Å². The first kappa shape index (κ1) is 17.9. The number of fused-ring (bicyclic) bond motifs is 1. The number of amides is 2. The van der Waals surface area contributed by atoms with Gasteiger partial charge in [0, 0.05) is 18.8 Å². The van der Waals surface area contributed by atoms with Gasteiger partial charge in [-0.2, -0.15) is 0 Å². The van der Waals surface area contributed by atoms with Gasteiger partial charge in [-0.1, -0.05) is 48.0 Å². The normalized spacial score (nSPS) is 13.0. The van der Waals surface area contributed by atoms with Crippen LogP contribution in [-0.4, -0.2) is 28.2 Å². The molecule has 1 aliphatic heterocycles. The fourth-order valence-electron chi connectivity index (χ4n) is 3.34. The van der Waals surface area contributed by atoms with E-state index in [0.29, 0.717) is 18.8 Å². The van der Waals surface area contributed by atoms with Crippen LogP contribution < -0.4 is 5.32 Å². The molecule has 5 heteroatoms. The standard InChI is InChI=1S/C23H21N3O2/c1-16-9-11-19(12-10-16)24-22(27)20-7-4-8-21(25-20)23(28)26-14-13-17-5-2-3-6-18(17)15-26/h2-12H,13-15H2,1H3,(H,24,27). The van der Waals surface area contributed by atoms with Crippen LogP contribution in [0.15, 0.2) is 66.7 Å². The Morgan fingerprint density at radius 2 is 1.61 bits per heavy atom. The van der Waals surface area contributed by atoms with E-state index >= 15 is 0 Å². The summed E-state index contributed by atoms with van der Waals surface area (Å²) in [7, 11) is 0. The zero-order valence-corrected chi connectivity index (χ0v) is 15.7. The molecule has 140 valence electrons. The largest absolute Gasteiger partial charge is 0.333 e. The minimum Gasteiger partial charge on any atom is -0.333 e. The predicted octanol–water partition coefficient (Wildman–Crippen LogP) is 3.84. The highest BCUT2D eigenvalue weighted by atomic mass is 16.2. The van der Waals surface area contributed by atoms with Gasteiger partial charge in [-0.3, -0.25) is 9.59 Å². The van der Waals surface area contributed by atoms with E-state index < -0.39 is 0 Å². The number of aromatic nitrogens is 1. The number of anilines is 1. The molecule has 4 rings (SSSR count). The first-order valence-corrected chi connectivity index (χ1v) is 9.31. The molecule has 0 fully saturated rings. The SMILES string of the molecule is Cc1ccc(NC(=O)c2cccc(C(=O)N3CCc4ccccc4C3)n2)cc1. The molecule has 1 N–H and O–H groups in total. The average molecular weight is 371 g/mol. The molecule has 0 radical (unpaired) electrons. The van der Waals surface area contributed by atoms with Gasteiger partial charge in [0.1, 0.15) is 11.4 Å². The Morgan fingerprint density at radius 1 is 0.893 bits per heavy atom. The van der Waals surface area contributed by atoms with E-state index in [-0.39, 0.29) is 23.2 Å². The first-order chi connectivity index (χ1) is 13.6. The maximum absolute atomic E-state index is 12.9. The monoisotopic (exact) mass is 371 g/mol. The molecule has 0 atom stereocenters. The fraction of sp³-hybridized carbons (Fsp3) is 0.174. The zero-order chi connectivity index (χ0) is 19.5. The highest BCUT2D eigenvalue weighted by Gasteiger charge is 2.23. The van der Waals surface area contributed by atoms with E-state index in [1.54, 1.807) is 23.1 Å². The van der Waals surface area contributed by atoms with Crippen LogP contribution in [0.5, 0.6) is 0 Å². The molecule has 5 nitrogen and oxygen atoms in total. The van der Waals surface area contributed by atoms with Crippen molar-refractivity contribution >= 4 is 17.5 Å². The predicted molar refractivity (Wildman–Crippen MR) is 108 cm³/mol. The number of hydrogen-bond donors (Lipinski definition) is 1. The summed E-state index contributed by atoms with van der Waals surface area (Å²) in [6.45, 7) is 3.20. The van der Waals surface area contributed by atoms with Crippen molar-refractivity contribution in [3.63, 3.8) is 0 Å². The molecule has 0 bridgehead atoms. The van der Waals surface area contributed by atoms with Crippen LogP contribution in [0, 0.1) is 6.92 Å². The van der Waals surface area contributed by atoms with E-state index in [4.69, 9.17) is 0 Å². The molecule has 0 aliphatic carbocycles. The molecule has 1 aromatic heterocycles. The Kier molecular flexibility index (Phi) is 4.89. The maximum atomic E-state index is 12.9. The molecular formula is C23H21N3O2. The average Bonchev–Trinajstić information content (AvgIpc) is 2.74. The van der Waals surface area contributed by atoms with E-state index in [1.807, 2.05) is 49.4 Å². The summed E-state index contributed by atoms with van der Waals surface area (Å²) >= 11 is 0. The second-order valence-electron chi connectivity index (χ2n) is 6.97. The van der Waals surface area contributed by atoms with Gasteiger partial charge in [0.05, 0.1) is 0 Å². The molecule has 1 aliphatic rings. The first-order valence-electron chi connectivity index (χ1n) is 9.31. The maximum Gasteiger partial charge on any atom is 0.274 e. The minimum absolute atomic E-state index is 0.153. The van der Waals surface area contributed by atoms with Crippen molar-refractivity contribution in [2.75, 3.05) is 11.9 Å². The van der Waals surface area contributed by atoms with E-state index in [0.717, 1.165) is 17.5 Å². The van der Waals surface area contributed by atoms with Gasteiger partial charge in [0.15, 0.2) is 0 Å². The number of hydrogen-bond acceptors (Lipinski definition) is 3. The lowest BCUT2D eigenvalue weighted by Gasteiger charge is -2.28. The van der Waals surface area contributed by atoms with E-state index in [1.165, 1.54) is 5.56 Å². The number of pyridine rings is 1. The highest BCUT2D eigenvalue weighted by molar-refractivity contribution is 6.03. The smallest absolute Gasteiger partial charge is 0.274 e. The third-order valence-corrected chi connectivity index (χ3v) is 4.93. The second-order valence-corrected chi connectivity index (χ2v) is 6.97. The van der Waals surface area contributed by atoms with Crippen LogP contribution in [0.3, 0.4) is 0 Å². The Balaban J connectivity index is 1.49. The number of carbonyl (C=O) groups is 2. The molecule has 2 aromatic carbocycles. The summed E-state index contributed by atoms with van der Waals surface area (Å²) in [6.07, 6.45) is 0.829. The van der Waals surface area contributed by atoms with E-state index in [9.17, 15) is 9.59 Å². The number of carbonyl (C=O) groups excluding carboxylic acids is 2. The molecule has 0 saturated carbocycles. The van der Waals surface area contributed by atoms with Gasteiger partial charge in [-0.05, 0) is 48.7 Å². The second kappa shape index (κ2) is 7.64. The van der Waals surface area contributed by atoms with Crippen molar-refractivity contribution in [2.45, 2.75) is 19.9 Å². The highest BCUT2D eigenvalue weighted by Crippen LogP contribution is 2.20. The Bertz CT molecular complexity index is 1030. The summed E-state index contributed by atoms with van der Waals surface area (Å²) in [5.74, 6) is -0.484. The lowest BCUT2D eigenvalue weighted by atomic mass is 10.00. The number of nitrogens with one attached hydrogen (secondary N) is 1. The summed E-state index contributed by atoms with van der Waals surface area (Å²) in [5, 5.41) is 2.82. The van der Waals surface area contributed by atoms with Crippen molar-refractivity contribution in [2.24, 2.45) is 0 Å². The lowest BCUT2D eigenvalue weighted by Crippen LogP contribution is -2.36. The number of rotatable bonds is 3. The van der Waals surface area contributed by atoms with Gasteiger partial charge in [0.2, 0.25) is 0 Å². The Morgan fingerprint density at radius 3 is 2.39 bits per heavy atom. The molecule has 2 heterocycles. The van der Waals surface area contributed by atoms with Crippen molar-refractivity contribution < 1.29 is 9.59 Å². The van der Waals surface area contributed by atoms with Crippen molar-refractivity contribution in [3.05, 3.63) is 94.8 Å². The zero-order valence-electron chi connectivity index (χ0n) is 15.7. The summed E-state index contributed by atoms with van der Waals surface area (Å²) < 4.78 is 0. The number of benzene rings is 2. The molecule has 2 amide bonds. The third-order valence-electron chi connectivity index (χ3n) is 4.93. The molecule has 3 aromatic rings. The molecule has 28 heavy (non-hydrogen) atoms. The quantitative estimate of drug-likeness (QED) is 0.761. The number of aryl methyl sites for hydroxylation is 1. The van der Waals surface area contributed by atoms with Crippen LogP contribution in [0.1, 0.15) is 37.7 Å². The van der Waals surface area contributed by atoms with Gasteiger partial charge in [-0.25, -0.2) is 4.98 Å². The van der Waals surface area contributed by atoms with Crippen LogP contribution in [0.25, 0.3) is 0 Å². The van der Waals surface area contributed by atoms with Crippen LogP contribution in [0.4, 0.5) is 5.69 Å².